The predicted octanol–water partition coefficient (Wildman–Crippen LogP) is 1.57. The molecule has 1 amide bonds. The van der Waals surface area contributed by atoms with Crippen LogP contribution in [0.25, 0.3) is 0 Å². The van der Waals surface area contributed by atoms with Gasteiger partial charge in [-0.15, -0.1) is 0 Å². The van der Waals surface area contributed by atoms with E-state index in [2.05, 4.69) is 16.6 Å². The van der Waals surface area contributed by atoms with Gasteiger partial charge in [0.1, 0.15) is 6.04 Å². The van der Waals surface area contributed by atoms with E-state index >= 15 is 0 Å². The second-order valence-electron chi connectivity index (χ2n) is 5.46. The van der Waals surface area contributed by atoms with Crippen molar-refractivity contribution in [3.05, 3.63) is 65.2 Å². The molecule has 0 radical (unpaired) electrons. The second kappa shape index (κ2) is 7.94. The summed E-state index contributed by atoms with van der Waals surface area (Å²) in [5.74, 6) is 5.13. The van der Waals surface area contributed by atoms with Crippen LogP contribution in [-0.4, -0.2) is 25.6 Å². The number of carbonyl (C=O) groups is 1. The molecule has 0 spiro atoms. The van der Waals surface area contributed by atoms with E-state index in [9.17, 15) is 13.2 Å². The molecular weight excluding hydrogens is 340 g/mol. The summed E-state index contributed by atoms with van der Waals surface area (Å²) in [7, 11) is -3.87. The Morgan fingerprint density at radius 1 is 1.00 bits per heavy atom. The summed E-state index contributed by atoms with van der Waals surface area (Å²) in [4.78, 5) is 11.2. The zero-order chi connectivity index (χ0) is 18.4. The number of carbonyl (C=O) groups excluding carboxylic acids is 1. The third-order valence-corrected chi connectivity index (χ3v) is 4.96. The Labute approximate surface area is 146 Å². The van der Waals surface area contributed by atoms with Crippen molar-refractivity contribution in [1.29, 1.82) is 0 Å². The first-order chi connectivity index (χ1) is 11.8. The van der Waals surface area contributed by atoms with Gasteiger partial charge in [0.25, 0.3) is 5.91 Å². The minimum absolute atomic E-state index is 0.00553. The molecule has 2 aromatic rings. The van der Waals surface area contributed by atoms with Crippen molar-refractivity contribution in [3.8, 4) is 11.8 Å². The van der Waals surface area contributed by atoms with E-state index in [1.165, 1.54) is 24.5 Å². The molecule has 0 aliphatic carbocycles. The van der Waals surface area contributed by atoms with Gasteiger partial charge in [0, 0.05) is 11.1 Å². The van der Waals surface area contributed by atoms with Gasteiger partial charge in [-0.25, -0.2) is 13.9 Å². The van der Waals surface area contributed by atoms with E-state index in [0.717, 1.165) is 11.1 Å². The molecule has 130 valence electrons. The average molecular weight is 358 g/mol. The fourth-order valence-electron chi connectivity index (χ4n) is 1.95. The normalized spacial score (nSPS) is 12.0. The lowest BCUT2D eigenvalue weighted by Gasteiger charge is -2.12. The molecule has 0 aliphatic rings. The lowest BCUT2D eigenvalue weighted by Crippen LogP contribution is -2.43. The van der Waals surface area contributed by atoms with Crippen LogP contribution in [0, 0.1) is 18.8 Å². The number of amides is 1. The van der Waals surface area contributed by atoms with Crippen molar-refractivity contribution in [2.45, 2.75) is 24.8 Å². The monoisotopic (exact) mass is 358 g/mol. The first-order valence-electron chi connectivity index (χ1n) is 7.47. The molecule has 3 N–H and O–H groups in total. The van der Waals surface area contributed by atoms with Crippen LogP contribution >= 0.6 is 0 Å². The van der Waals surface area contributed by atoms with Gasteiger partial charge in [-0.2, -0.15) is 4.72 Å². The van der Waals surface area contributed by atoms with Crippen LogP contribution in [0.4, 0.5) is 0 Å². The van der Waals surface area contributed by atoms with Gasteiger partial charge < -0.3 is 0 Å². The zero-order valence-corrected chi connectivity index (χ0v) is 14.6. The van der Waals surface area contributed by atoms with Crippen LogP contribution in [0.3, 0.4) is 0 Å². The van der Waals surface area contributed by atoms with Crippen LogP contribution < -0.4 is 10.2 Å². The maximum Gasteiger partial charge on any atom is 0.261 e. The van der Waals surface area contributed by atoms with Gasteiger partial charge in [-0.3, -0.25) is 10.0 Å². The topological polar surface area (TPSA) is 95.5 Å². The number of rotatable bonds is 4. The molecule has 2 rings (SSSR count). The fourth-order valence-corrected chi connectivity index (χ4v) is 3.15. The fraction of sp³-hybridized carbons (Fsp3) is 0.167. The molecule has 7 heteroatoms. The maximum atomic E-state index is 12.2. The highest BCUT2D eigenvalue weighted by Crippen LogP contribution is 2.11. The molecule has 1 atom stereocenters. The molecule has 2 aromatic carbocycles. The average Bonchev–Trinajstić information content (AvgIpc) is 2.60. The summed E-state index contributed by atoms with van der Waals surface area (Å²) in [6, 6.07) is 12.7. The van der Waals surface area contributed by atoms with Crippen LogP contribution in [-0.2, 0) is 14.8 Å². The number of hydroxylamine groups is 1. The highest BCUT2D eigenvalue weighted by molar-refractivity contribution is 7.89. The number of aryl methyl sites for hydroxylation is 1. The van der Waals surface area contributed by atoms with Crippen molar-refractivity contribution < 1.29 is 18.4 Å². The van der Waals surface area contributed by atoms with Gasteiger partial charge >= 0.3 is 0 Å². The minimum atomic E-state index is -3.87. The molecule has 0 aliphatic heterocycles. The summed E-state index contributed by atoms with van der Waals surface area (Å²) in [5.41, 5.74) is 4.08. The van der Waals surface area contributed by atoms with Gasteiger partial charge in [0.15, 0.2) is 0 Å². The van der Waals surface area contributed by atoms with Crippen molar-refractivity contribution in [2.75, 3.05) is 0 Å². The number of hydrogen-bond acceptors (Lipinski definition) is 4. The zero-order valence-electron chi connectivity index (χ0n) is 13.8. The van der Waals surface area contributed by atoms with E-state index in [4.69, 9.17) is 5.21 Å². The van der Waals surface area contributed by atoms with E-state index < -0.39 is 22.0 Å². The van der Waals surface area contributed by atoms with Crippen LogP contribution in [0.1, 0.15) is 23.6 Å². The van der Waals surface area contributed by atoms with Crippen molar-refractivity contribution in [2.24, 2.45) is 0 Å². The summed E-state index contributed by atoms with van der Waals surface area (Å²) in [5, 5.41) is 8.53. The first-order valence-corrected chi connectivity index (χ1v) is 8.95. The first kappa shape index (κ1) is 18.7. The summed E-state index contributed by atoms with van der Waals surface area (Å²) in [6.45, 7) is 3.32. The van der Waals surface area contributed by atoms with Crippen LogP contribution in [0.5, 0.6) is 0 Å². The van der Waals surface area contributed by atoms with Crippen LogP contribution in [0.15, 0.2) is 53.4 Å². The molecule has 6 nitrogen and oxygen atoms in total. The van der Waals surface area contributed by atoms with Gasteiger partial charge in [-0.05, 0) is 50.2 Å². The Balaban J connectivity index is 2.14. The summed E-state index contributed by atoms with van der Waals surface area (Å²) in [6.07, 6.45) is 0. The lowest BCUT2D eigenvalue weighted by atomic mass is 10.1. The van der Waals surface area contributed by atoms with Gasteiger partial charge in [0.05, 0.1) is 4.90 Å². The Morgan fingerprint density at radius 3 is 1.96 bits per heavy atom. The molecule has 0 saturated carbocycles. The molecule has 0 heterocycles. The molecule has 0 fully saturated rings. The second-order valence-corrected chi connectivity index (χ2v) is 7.17. The molecule has 0 unspecified atom stereocenters. The maximum absolute atomic E-state index is 12.2. The third-order valence-electron chi connectivity index (χ3n) is 3.40. The predicted molar refractivity (Wildman–Crippen MR) is 93.3 cm³/mol. The number of benzene rings is 2. The van der Waals surface area contributed by atoms with Crippen LogP contribution in [0.2, 0.25) is 0 Å². The molecule has 0 aromatic heterocycles. The Bertz CT molecular complexity index is 908. The molecule has 0 bridgehead atoms. The van der Waals surface area contributed by atoms with E-state index in [1.807, 2.05) is 31.2 Å². The van der Waals surface area contributed by atoms with E-state index in [-0.39, 0.29) is 4.90 Å². The minimum Gasteiger partial charge on any atom is -0.289 e. The number of hydrogen-bond donors (Lipinski definition) is 3. The Morgan fingerprint density at radius 2 is 1.48 bits per heavy atom. The Kier molecular flexibility index (Phi) is 5.93. The number of nitrogens with one attached hydrogen (secondary N) is 2. The SMILES string of the molecule is Cc1ccc(C#Cc2ccc(S(=O)(=O)N[C@@H](C)C(=O)NO)cc2)cc1. The Hall–Kier alpha value is -2.66. The third kappa shape index (κ3) is 5.16. The highest BCUT2D eigenvalue weighted by Gasteiger charge is 2.21. The molecular formula is C18H18N2O4S. The lowest BCUT2D eigenvalue weighted by molar-refractivity contribution is -0.130. The quantitative estimate of drug-likeness (QED) is 0.439. The summed E-state index contributed by atoms with van der Waals surface area (Å²) >= 11 is 0. The van der Waals surface area contributed by atoms with Gasteiger partial charge in [0.2, 0.25) is 10.0 Å². The van der Waals surface area contributed by atoms with Crippen molar-refractivity contribution >= 4 is 15.9 Å². The largest absolute Gasteiger partial charge is 0.289 e. The smallest absolute Gasteiger partial charge is 0.261 e. The molecule has 25 heavy (non-hydrogen) atoms. The van der Waals surface area contributed by atoms with E-state index in [1.54, 1.807) is 12.1 Å². The number of sulfonamides is 1. The van der Waals surface area contributed by atoms with E-state index in [0.29, 0.717) is 5.56 Å². The molecule has 0 saturated heterocycles. The summed E-state index contributed by atoms with van der Waals surface area (Å²) < 4.78 is 26.5. The highest BCUT2D eigenvalue weighted by atomic mass is 32.2. The van der Waals surface area contributed by atoms with Gasteiger partial charge in [-0.1, -0.05) is 29.5 Å². The van der Waals surface area contributed by atoms with Crippen molar-refractivity contribution in [3.63, 3.8) is 0 Å². The van der Waals surface area contributed by atoms with Crippen molar-refractivity contribution in [1.82, 2.24) is 10.2 Å². The standard InChI is InChI=1S/C18H18N2O4S/c1-13-3-5-15(6-4-13)7-8-16-9-11-17(12-10-16)25(23,24)20-14(2)18(21)19-22/h3-6,9-12,14,20,22H,1-2H3,(H,19,21)/t14-/m0/s1.